The normalized spacial score (nSPS) is 30.9. The second-order valence-corrected chi connectivity index (χ2v) is 4.82. The van der Waals surface area contributed by atoms with Crippen molar-refractivity contribution in [2.45, 2.75) is 32.2 Å². The lowest BCUT2D eigenvalue weighted by atomic mass is 9.64. The van der Waals surface area contributed by atoms with Gasteiger partial charge >= 0.3 is 11.9 Å². The van der Waals surface area contributed by atoms with E-state index >= 15 is 0 Å². The first-order valence-corrected chi connectivity index (χ1v) is 6.82. The highest BCUT2D eigenvalue weighted by molar-refractivity contribution is 9.09. The van der Waals surface area contributed by atoms with Crippen molar-refractivity contribution in [3.8, 4) is 0 Å². The molecule has 2 atom stereocenters. The molecule has 0 bridgehead atoms. The molecule has 2 N–H and O–H groups in total. The van der Waals surface area contributed by atoms with E-state index in [4.69, 9.17) is 0 Å². The van der Waals surface area contributed by atoms with E-state index < -0.39 is 22.9 Å². The minimum absolute atomic E-state index is 0.130. The van der Waals surface area contributed by atoms with Crippen LogP contribution in [0.4, 0.5) is 0 Å². The molecule has 1 aliphatic rings. The van der Waals surface area contributed by atoms with Gasteiger partial charge in [0, 0.05) is 11.5 Å². The summed E-state index contributed by atoms with van der Waals surface area (Å²) in [4.78, 5) is 27.3. The zero-order chi connectivity index (χ0) is 14.0. The highest BCUT2D eigenvalue weighted by Crippen LogP contribution is 2.45. The Balaban J connectivity index is 3.53. The maximum absolute atomic E-state index is 11.7. The molecule has 5 nitrogen and oxygen atoms in total. The maximum atomic E-state index is 11.7. The molecule has 1 heterocycles. The molecule has 0 amide bonds. The van der Waals surface area contributed by atoms with Gasteiger partial charge < -0.3 is 10.2 Å². The maximum Gasteiger partial charge on any atom is 0.333 e. The van der Waals surface area contributed by atoms with E-state index in [-0.39, 0.29) is 12.8 Å². The van der Waals surface area contributed by atoms with Gasteiger partial charge in [0.05, 0.1) is 0 Å². The van der Waals surface area contributed by atoms with E-state index in [2.05, 4.69) is 20.9 Å². The number of hydrogen-bond donors (Lipinski definition) is 2. The Labute approximate surface area is 114 Å². The SMILES string of the molecule is CCC1(C(=O)O)C=C(CBr)C=NC1(CC)C(=O)O. The minimum atomic E-state index is -1.63. The summed E-state index contributed by atoms with van der Waals surface area (Å²) in [7, 11) is 0. The summed E-state index contributed by atoms with van der Waals surface area (Å²) in [5.41, 5.74) is -2.44. The molecule has 0 saturated carbocycles. The third-order valence-corrected chi connectivity index (χ3v) is 4.23. The molecule has 0 fully saturated rings. The molecule has 0 aromatic rings. The number of aliphatic imine (C=N–C) groups is 1. The van der Waals surface area contributed by atoms with Gasteiger partial charge in [-0.3, -0.25) is 9.79 Å². The zero-order valence-corrected chi connectivity index (χ0v) is 11.9. The number of halogens is 1. The van der Waals surface area contributed by atoms with Crippen molar-refractivity contribution in [2.24, 2.45) is 10.4 Å². The third kappa shape index (κ3) is 1.88. The first kappa shape index (κ1) is 14.9. The topological polar surface area (TPSA) is 87.0 Å². The predicted octanol–water partition coefficient (Wildman–Crippen LogP) is 2.11. The van der Waals surface area contributed by atoms with Crippen LogP contribution >= 0.6 is 15.9 Å². The van der Waals surface area contributed by atoms with Crippen molar-refractivity contribution in [1.29, 1.82) is 0 Å². The van der Waals surface area contributed by atoms with Crippen LogP contribution in [0.25, 0.3) is 0 Å². The van der Waals surface area contributed by atoms with Gasteiger partial charge in [0.2, 0.25) is 0 Å². The molecule has 0 aromatic heterocycles. The van der Waals surface area contributed by atoms with E-state index in [0.717, 1.165) is 0 Å². The van der Waals surface area contributed by atoms with Gasteiger partial charge in [0.25, 0.3) is 0 Å². The van der Waals surface area contributed by atoms with Gasteiger partial charge in [0.1, 0.15) is 5.41 Å². The van der Waals surface area contributed by atoms with Crippen LogP contribution in [0.3, 0.4) is 0 Å². The minimum Gasteiger partial charge on any atom is -0.481 e. The number of dihydropyridines is 1. The van der Waals surface area contributed by atoms with Gasteiger partial charge in [0.15, 0.2) is 5.54 Å². The average molecular weight is 318 g/mol. The molecular weight excluding hydrogens is 302 g/mol. The lowest BCUT2D eigenvalue weighted by Gasteiger charge is -2.41. The lowest BCUT2D eigenvalue weighted by molar-refractivity contribution is -0.161. The summed E-state index contributed by atoms with van der Waals surface area (Å²) in [5, 5.41) is 19.4. The monoisotopic (exact) mass is 317 g/mol. The Kier molecular flexibility index (Phi) is 4.32. The van der Waals surface area contributed by atoms with Crippen molar-refractivity contribution < 1.29 is 19.8 Å². The molecule has 100 valence electrons. The molecule has 6 heteroatoms. The van der Waals surface area contributed by atoms with E-state index in [1.54, 1.807) is 13.8 Å². The second-order valence-electron chi connectivity index (χ2n) is 4.26. The van der Waals surface area contributed by atoms with E-state index in [1.807, 2.05) is 0 Å². The van der Waals surface area contributed by atoms with Crippen LogP contribution in [0, 0.1) is 5.41 Å². The van der Waals surface area contributed by atoms with Gasteiger partial charge in [-0.05, 0) is 18.4 Å². The predicted molar refractivity (Wildman–Crippen MR) is 71.4 cm³/mol. The molecule has 0 spiro atoms. The quantitative estimate of drug-likeness (QED) is 0.760. The molecule has 0 aliphatic carbocycles. The van der Waals surface area contributed by atoms with Crippen LogP contribution in [-0.4, -0.2) is 39.2 Å². The fourth-order valence-electron chi connectivity index (χ4n) is 2.44. The summed E-state index contributed by atoms with van der Waals surface area (Å²) >= 11 is 3.24. The zero-order valence-electron chi connectivity index (χ0n) is 10.3. The Hall–Kier alpha value is -1.17. The smallest absolute Gasteiger partial charge is 0.333 e. The Morgan fingerprint density at radius 1 is 1.28 bits per heavy atom. The highest BCUT2D eigenvalue weighted by atomic mass is 79.9. The van der Waals surface area contributed by atoms with E-state index in [1.165, 1.54) is 12.3 Å². The Bertz CT molecular complexity index is 432. The number of carboxylic acids is 2. The van der Waals surface area contributed by atoms with Crippen LogP contribution in [0.1, 0.15) is 26.7 Å². The average Bonchev–Trinajstić information content (AvgIpc) is 2.36. The van der Waals surface area contributed by atoms with Crippen LogP contribution in [0.2, 0.25) is 0 Å². The summed E-state index contributed by atoms with van der Waals surface area (Å²) in [5.74, 6) is -2.35. The number of allylic oxidation sites excluding steroid dienone is 1. The van der Waals surface area contributed by atoms with Crippen molar-refractivity contribution in [3.63, 3.8) is 0 Å². The highest BCUT2D eigenvalue weighted by Gasteiger charge is 2.59. The molecule has 1 aliphatic heterocycles. The Morgan fingerprint density at radius 3 is 2.22 bits per heavy atom. The number of aliphatic carboxylic acids is 2. The molecule has 0 radical (unpaired) electrons. The van der Waals surface area contributed by atoms with Crippen LogP contribution in [0.5, 0.6) is 0 Å². The molecule has 1 rings (SSSR count). The fraction of sp³-hybridized carbons (Fsp3) is 0.583. The number of nitrogens with zero attached hydrogens (tertiary/aromatic N) is 1. The second kappa shape index (κ2) is 5.22. The van der Waals surface area contributed by atoms with Crippen LogP contribution < -0.4 is 0 Å². The van der Waals surface area contributed by atoms with Crippen molar-refractivity contribution in [1.82, 2.24) is 0 Å². The van der Waals surface area contributed by atoms with Gasteiger partial charge in [-0.1, -0.05) is 35.9 Å². The number of carboxylic acid groups (broad SMARTS) is 2. The first-order chi connectivity index (χ1) is 8.40. The lowest BCUT2D eigenvalue weighted by Crippen LogP contribution is -2.57. The van der Waals surface area contributed by atoms with Gasteiger partial charge in [-0.15, -0.1) is 0 Å². The standard InChI is InChI=1S/C12H16BrNO4/c1-3-11(9(15)16)5-8(6-13)7-14-12(11,4-2)10(17)18/h5,7H,3-4,6H2,1-2H3,(H,15,16)(H,17,18). The molecule has 0 saturated heterocycles. The number of hydrogen-bond acceptors (Lipinski definition) is 3. The summed E-state index contributed by atoms with van der Waals surface area (Å²) in [6, 6.07) is 0. The van der Waals surface area contributed by atoms with E-state index in [9.17, 15) is 19.8 Å². The van der Waals surface area contributed by atoms with Gasteiger partial charge in [-0.25, -0.2) is 4.79 Å². The summed E-state index contributed by atoms with van der Waals surface area (Å²) in [6.45, 7) is 3.32. The van der Waals surface area contributed by atoms with Crippen molar-refractivity contribution >= 4 is 34.1 Å². The molecule has 18 heavy (non-hydrogen) atoms. The largest absolute Gasteiger partial charge is 0.481 e. The Morgan fingerprint density at radius 2 is 1.89 bits per heavy atom. The van der Waals surface area contributed by atoms with Crippen LogP contribution in [-0.2, 0) is 9.59 Å². The van der Waals surface area contributed by atoms with Crippen LogP contribution in [0.15, 0.2) is 16.6 Å². The summed E-state index contributed by atoms with van der Waals surface area (Å²) < 4.78 is 0. The number of rotatable bonds is 5. The number of alkyl halides is 1. The molecular formula is C12H16BrNO4. The summed E-state index contributed by atoms with van der Waals surface area (Å²) in [6.07, 6.45) is 3.28. The first-order valence-electron chi connectivity index (χ1n) is 5.70. The van der Waals surface area contributed by atoms with E-state index in [0.29, 0.717) is 10.9 Å². The van der Waals surface area contributed by atoms with Gasteiger partial charge in [-0.2, -0.15) is 0 Å². The fourth-order valence-corrected chi connectivity index (χ4v) is 2.75. The third-order valence-electron chi connectivity index (χ3n) is 3.58. The molecule has 2 unspecified atom stereocenters. The van der Waals surface area contributed by atoms with Crippen molar-refractivity contribution in [3.05, 3.63) is 11.6 Å². The molecule has 0 aromatic carbocycles. The van der Waals surface area contributed by atoms with Crippen molar-refractivity contribution in [2.75, 3.05) is 5.33 Å². The number of carbonyl (C=O) groups is 2.